The van der Waals surface area contributed by atoms with Crippen molar-refractivity contribution in [2.24, 2.45) is 5.73 Å². The number of nitrogens with one attached hydrogen (secondary N) is 1. The zero-order valence-electron chi connectivity index (χ0n) is 10.9. The van der Waals surface area contributed by atoms with Gasteiger partial charge in [0.15, 0.2) is 0 Å². The Balaban J connectivity index is 2.12. The van der Waals surface area contributed by atoms with Gasteiger partial charge in [-0.2, -0.15) is 11.8 Å². The maximum atomic E-state index is 11.4. The van der Waals surface area contributed by atoms with Crippen molar-refractivity contribution in [3.63, 3.8) is 0 Å². The van der Waals surface area contributed by atoms with Gasteiger partial charge in [0.2, 0.25) is 0 Å². The summed E-state index contributed by atoms with van der Waals surface area (Å²) in [6.07, 6.45) is 4.20. The molecule has 1 aliphatic heterocycles. The number of rotatable bonds is 3. The van der Waals surface area contributed by atoms with E-state index >= 15 is 0 Å². The number of nitrogens with zero attached hydrogens (tertiary/aromatic N) is 2. The number of nitrogens with two attached hydrogens (primary N) is 1. The number of hydrogen-bond acceptors (Lipinski definition) is 5. The summed E-state index contributed by atoms with van der Waals surface area (Å²) in [7, 11) is 0. The van der Waals surface area contributed by atoms with Gasteiger partial charge in [-0.15, -0.1) is 0 Å². The lowest BCUT2D eigenvalue weighted by Gasteiger charge is -2.40. The lowest BCUT2D eigenvalue weighted by Crippen LogP contribution is -2.47. The molecule has 0 spiro atoms. The van der Waals surface area contributed by atoms with Crippen LogP contribution in [0.5, 0.6) is 0 Å². The van der Waals surface area contributed by atoms with Crippen LogP contribution in [0.4, 0.5) is 5.82 Å². The number of aromatic nitrogens is 2. The Bertz CT molecular complexity index is 459. The molecule has 6 heteroatoms. The van der Waals surface area contributed by atoms with Crippen molar-refractivity contribution < 1.29 is 0 Å². The predicted molar refractivity (Wildman–Crippen MR) is 76.3 cm³/mol. The van der Waals surface area contributed by atoms with Crippen LogP contribution in [-0.2, 0) is 0 Å². The molecular formula is C12H20N4OS. The van der Waals surface area contributed by atoms with Gasteiger partial charge in [-0.25, -0.2) is 4.98 Å². The third-order valence-electron chi connectivity index (χ3n) is 3.65. The molecule has 1 saturated heterocycles. The minimum atomic E-state index is -0.0852. The lowest BCUT2D eigenvalue weighted by atomic mass is 9.96. The first kappa shape index (κ1) is 13.4. The summed E-state index contributed by atoms with van der Waals surface area (Å²) >= 11 is 1.86. The fourth-order valence-electron chi connectivity index (χ4n) is 2.36. The van der Waals surface area contributed by atoms with Gasteiger partial charge in [0.05, 0.1) is 0 Å². The van der Waals surface area contributed by atoms with Crippen molar-refractivity contribution in [2.45, 2.75) is 24.5 Å². The van der Waals surface area contributed by atoms with E-state index in [1.165, 1.54) is 0 Å². The Hall–Kier alpha value is -1.01. The maximum absolute atomic E-state index is 11.4. The van der Waals surface area contributed by atoms with Crippen LogP contribution in [0, 0.1) is 6.92 Å². The first-order valence-corrected chi connectivity index (χ1v) is 7.39. The fraction of sp³-hybridized carbons (Fsp3) is 0.667. The van der Waals surface area contributed by atoms with Crippen LogP contribution in [0.2, 0.25) is 0 Å². The first-order valence-electron chi connectivity index (χ1n) is 6.17. The largest absolute Gasteiger partial charge is 0.356 e. The van der Waals surface area contributed by atoms with Crippen LogP contribution < -0.4 is 16.2 Å². The summed E-state index contributed by atoms with van der Waals surface area (Å²) in [6, 6.07) is 1.57. The second kappa shape index (κ2) is 5.32. The van der Waals surface area contributed by atoms with Gasteiger partial charge < -0.3 is 15.6 Å². The smallest absolute Gasteiger partial charge is 0.252 e. The van der Waals surface area contributed by atoms with Crippen LogP contribution in [0.1, 0.15) is 18.7 Å². The third kappa shape index (κ3) is 2.70. The molecule has 0 saturated carbocycles. The molecule has 5 nitrogen and oxygen atoms in total. The fourth-order valence-corrected chi connectivity index (χ4v) is 3.12. The van der Waals surface area contributed by atoms with Crippen molar-refractivity contribution in [3.8, 4) is 0 Å². The Morgan fingerprint density at radius 1 is 1.56 bits per heavy atom. The Labute approximate surface area is 111 Å². The van der Waals surface area contributed by atoms with E-state index in [1.807, 2.05) is 11.8 Å². The lowest BCUT2D eigenvalue weighted by molar-refractivity contribution is 0.455. The average molecular weight is 268 g/mol. The first-order chi connectivity index (χ1) is 8.58. The SMILES string of the molecule is CSC1(CN)CCN(c2cc(=O)[nH]c(C)n2)CC1. The number of aryl methyl sites for hydroxylation is 1. The molecule has 0 radical (unpaired) electrons. The Morgan fingerprint density at radius 2 is 2.22 bits per heavy atom. The highest BCUT2D eigenvalue weighted by molar-refractivity contribution is 8.00. The molecule has 18 heavy (non-hydrogen) atoms. The summed E-state index contributed by atoms with van der Waals surface area (Å²) in [5.74, 6) is 1.45. The third-order valence-corrected chi connectivity index (χ3v) is 5.09. The van der Waals surface area contributed by atoms with Gasteiger partial charge in [0, 0.05) is 30.4 Å². The highest BCUT2D eigenvalue weighted by Gasteiger charge is 2.32. The van der Waals surface area contributed by atoms with Gasteiger partial charge in [0.25, 0.3) is 5.56 Å². The quantitative estimate of drug-likeness (QED) is 0.845. The number of H-pyrrole nitrogens is 1. The molecule has 3 N–H and O–H groups in total. The van der Waals surface area contributed by atoms with E-state index in [9.17, 15) is 4.79 Å². The summed E-state index contributed by atoms with van der Waals surface area (Å²) in [5.41, 5.74) is 5.79. The Kier molecular flexibility index (Phi) is 3.97. The van der Waals surface area contributed by atoms with Crippen LogP contribution in [0.3, 0.4) is 0 Å². The molecular weight excluding hydrogens is 248 g/mol. The molecule has 0 unspecified atom stereocenters. The van der Waals surface area contributed by atoms with Crippen molar-refractivity contribution in [1.82, 2.24) is 9.97 Å². The Morgan fingerprint density at radius 3 is 2.72 bits per heavy atom. The van der Waals surface area contributed by atoms with Crippen molar-refractivity contribution in [2.75, 3.05) is 30.8 Å². The molecule has 2 heterocycles. The van der Waals surface area contributed by atoms with Gasteiger partial charge in [-0.1, -0.05) is 0 Å². The van der Waals surface area contributed by atoms with Gasteiger partial charge in [-0.3, -0.25) is 4.79 Å². The number of hydrogen-bond donors (Lipinski definition) is 2. The van der Waals surface area contributed by atoms with E-state index in [2.05, 4.69) is 21.1 Å². The monoisotopic (exact) mass is 268 g/mol. The summed E-state index contributed by atoms with van der Waals surface area (Å²) in [5, 5.41) is 0. The molecule has 0 amide bonds. The molecule has 0 bridgehead atoms. The summed E-state index contributed by atoms with van der Waals surface area (Å²) < 4.78 is 0.201. The summed E-state index contributed by atoms with van der Waals surface area (Å²) in [6.45, 7) is 4.34. The molecule has 1 aromatic rings. The van der Waals surface area contributed by atoms with E-state index in [0.717, 1.165) is 31.7 Å². The van der Waals surface area contributed by atoms with Gasteiger partial charge in [-0.05, 0) is 26.0 Å². The molecule has 0 aliphatic carbocycles. The van der Waals surface area contributed by atoms with E-state index < -0.39 is 0 Å². The van der Waals surface area contributed by atoms with Crippen LogP contribution >= 0.6 is 11.8 Å². The molecule has 0 atom stereocenters. The minimum absolute atomic E-state index is 0.0852. The van der Waals surface area contributed by atoms with Gasteiger partial charge in [0.1, 0.15) is 11.6 Å². The zero-order chi connectivity index (χ0) is 13.2. The van der Waals surface area contributed by atoms with Crippen LogP contribution in [0.25, 0.3) is 0 Å². The molecule has 1 aromatic heterocycles. The van der Waals surface area contributed by atoms with E-state index in [-0.39, 0.29) is 10.3 Å². The van der Waals surface area contributed by atoms with Gasteiger partial charge >= 0.3 is 0 Å². The average Bonchev–Trinajstić information content (AvgIpc) is 2.38. The molecule has 1 fully saturated rings. The highest BCUT2D eigenvalue weighted by atomic mass is 32.2. The van der Waals surface area contributed by atoms with Crippen LogP contribution in [-0.4, -0.2) is 40.6 Å². The topological polar surface area (TPSA) is 75.0 Å². The number of piperidine rings is 1. The number of aromatic amines is 1. The zero-order valence-corrected chi connectivity index (χ0v) is 11.7. The molecule has 0 aromatic carbocycles. The maximum Gasteiger partial charge on any atom is 0.252 e. The standard InChI is InChI=1S/C12H20N4OS/c1-9-14-10(7-11(17)15-9)16-5-3-12(8-13,18-2)4-6-16/h7H,3-6,8,13H2,1-2H3,(H,14,15,17). The van der Waals surface area contributed by atoms with E-state index in [4.69, 9.17) is 5.73 Å². The minimum Gasteiger partial charge on any atom is -0.356 e. The van der Waals surface area contributed by atoms with Crippen molar-refractivity contribution >= 4 is 17.6 Å². The number of anilines is 1. The normalized spacial score (nSPS) is 18.9. The summed E-state index contributed by atoms with van der Waals surface area (Å²) in [4.78, 5) is 20.7. The molecule has 1 aliphatic rings. The second-order valence-corrected chi connectivity index (χ2v) is 6.04. The van der Waals surface area contributed by atoms with Crippen molar-refractivity contribution in [1.29, 1.82) is 0 Å². The predicted octanol–water partition coefficient (Wildman–Crippen LogP) is 0.739. The van der Waals surface area contributed by atoms with Crippen molar-refractivity contribution in [3.05, 3.63) is 22.2 Å². The number of thioether (sulfide) groups is 1. The second-order valence-electron chi connectivity index (χ2n) is 4.77. The molecule has 100 valence electrons. The van der Waals surface area contributed by atoms with E-state index in [1.54, 1.807) is 13.0 Å². The highest BCUT2D eigenvalue weighted by Crippen LogP contribution is 2.34. The van der Waals surface area contributed by atoms with E-state index in [0.29, 0.717) is 12.4 Å². The molecule has 2 rings (SSSR count). The van der Waals surface area contributed by atoms with Crippen LogP contribution in [0.15, 0.2) is 10.9 Å².